The largest absolute Gasteiger partial charge is 0.496 e. The van der Waals surface area contributed by atoms with E-state index in [1.165, 1.54) is 24.8 Å². The molecule has 0 heterocycles. The number of hydrogen-bond donors (Lipinski definition) is 1. The van der Waals surface area contributed by atoms with Crippen molar-refractivity contribution in [3.8, 4) is 5.75 Å². The molecule has 1 N–H and O–H groups in total. The Hall–Kier alpha value is -1.51. The van der Waals surface area contributed by atoms with Crippen molar-refractivity contribution in [3.63, 3.8) is 0 Å². The molecule has 0 spiro atoms. The molecule has 2 rings (SSSR count). The molecule has 1 unspecified atom stereocenters. The minimum Gasteiger partial charge on any atom is -0.496 e. The number of methoxy groups -OCH3 is 1. The Bertz CT molecular complexity index is 528. The SMILES string of the molecule is COc1c(C)cc(C(C)C(=O)O)cc1C1(C)CCCCC1. The Balaban J connectivity index is 2.54. The maximum atomic E-state index is 11.3. The molecule has 0 aliphatic heterocycles. The predicted octanol–water partition coefficient (Wildman–Crippen LogP) is 4.41. The monoisotopic (exact) mass is 290 g/mol. The van der Waals surface area contributed by atoms with Crippen molar-refractivity contribution in [2.75, 3.05) is 7.11 Å². The molecule has 3 heteroatoms. The molecule has 116 valence electrons. The van der Waals surface area contributed by atoms with E-state index < -0.39 is 11.9 Å². The van der Waals surface area contributed by atoms with Crippen LogP contribution in [-0.4, -0.2) is 18.2 Å². The van der Waals surface area contributed by atoms with E-state index in [9.17, 15) is 9.90 Å². The number of hydrogen-bond acceptors (Lipinski definition) is 2. The number of carbonyl (C=O) groups is 1. The van der Waals surface area contributed by atoms with Crippen molar-refractivity contribution in [2.24, 2.45) is 0 Å². The average molecular weight is 290 g/mol. The van der Waals surface area contributed by atoms with Gasteiger partial charge in [0.15, 0.2) is 0 Å². The summed E-state index contributed by atoms with van der Waals surface area (Å²) in [4.78, 5) is 11.3. The minimum atomic E-state index is -0.778. The first-order valence-corrected chi connectivity index (χ1v) is 7.81. The number of carboxylic acid groups (broad SMARTS) is 1. The zero-order valence-electron chi connectivity index (χ0n) is 13.5. The van der Waals surface area contributed by atoms with Crippen molar-refractivity contribution < 1.29 is 14.6 Å². The van der Waals surface area contributed by atoms with Crippen LogP contribution in [-0.2, 0) is 10.2 Å². The van der Waals surface area contributed by atoms with Crippen molar-refractivity contribution in [1.82, 2.24) is 0 Å². The molecule has 1 aromatic rings. The Kier molecular flexibility index (Phi) is 4.60. The lowest BCUT2D eigenvalue weighted by atomic mass is 9.69. The van der Waals surface area contributed by atoms with Gasteiger partial charge in [-0.1, -0.05) is 38.3 Å². The Labute approximate surface area is 127 Å². The fourth-order valence-electron chi connectivity index (χ4n) is 3.52. The lowest BCUT2D eigenvalue weighted by Crippen LogP contribution is -2.26. The summed E-state index contributed by atoms with van der Waals surface area (Å²) >= 11 is 0. The molecular weight excluding hydrogens is 264 g/mol. The van der Waals surface area contributed by atoms with Gasteiger partial charge in [-0.2, -0.15) is 0 Å². The van der Waals surface area contributed by atoms with Crippen LogP contribution in [0.2, 0.25) is 0 Å². The fraction of sp³-hybridized carbons (Fsp3) is 0.611. The normalized spacial score (nSPS) is 19.0. The van der Waals surface area contributed by atoms with E-state index in [2.05, 4.69) is 13.0 Å². The van der Waals surface area contributed by atoms with Crippen LogP contribution in [0.5, 0.6) is 5.75 Å². The third kappa shape index (κ3) is 3.07. The highest BCUT2D eigenvalue weighted by molar-refractivity contribution is 5.76. The maximum absolute atomic E-state index is 11.3. The van der Waals surface area contributed by atoms with Crippen LogP contribution < -0.4 is 4.74 Å². The van der Waals surface area contributed by atoms with E-state index in [-0.39, 0.29) is 5.41 Å². The van der Waals surface area contributed by atoms with Gasteiger partial charge in [-0.05, 0) is 43.2 Å². The molecule has 3 nitrogen and oxygen atoms in total. The summed E-state index contributed by atoms with van der Waals surface area (Å²) in [5.41, 5.74) is 3.20. The summed E-state index contributed by atoms with van der Waals surface area (Å²) in [6.45, 7) is 6.04. The first-order valence-electron chi connectivity index (χ1n) is 7.81. The number of rotatable bonds is 4. The predicted molar refractivity (Wildman–Crippen MR) is 84.2 cm³/mol. The zero-order valence-corrected chi connectivity index (χ0v) is 13.5. The smallest absolute Gasteiger partial charge is 0.310 e. The molecule has 21 heavy (non-hydrogen) atoms. The molecule has 1 aliphatic carbocycles. The molecule has 1 aromatic carbocycles. The third-order valence-corrected chi connectivity index (χ3v) is 4.98. The van der Waals surface area contributed by atoms with Gasteiger partial charge in [0.05, 0.1) is 13.0 Å². The van der Waals surface area contributed by atoms with Gasteiger partial charge in [0.1, 0.15) is 5.75 Å². The van der Waals surface area contributed by atoms with E-state index in [4.69, 9.17) is 4.74 Å². The second-order valence-corrected chi connectivity index (χ2v) is 6.60. The number of carboxylic acids is 1. The summed E-state index contributed by atoms with van der Waals surface area (Å²) in [7, 11) is 1.71. The highest BCUT2D eigenvalue weighted by Gasteiger charge is 2.33. The number of aliphatic carboxylic acids is 1. The molecule has 0 saturated heterocycles. The van der Waals surface area contributed by atoms with Gasteiger partial charge in [-0.3, -0.25) is 4.79 Å². The molecule has 1 atom stereocenters. The van der Waals surface area contributed by atoms with E-state index in [1.54, 1.807) is 14.0 Å². The van der Waals surface area contributed by atoms with Crippen LogP contribution in [0, 0.1) is 6.92 Å². The molecular formula is C18H26O3. The topological polar surface area (TPSA) is 46.5 Å². The molecule has 0 amide bonds. The number of benzene rings is 1. The lowest BCUT2D eigenvalue weighted by molar-refractivity contribution is -0.138. The Morgan fingerprint density at radius 2 is 1.90 bits per heavy atom. The first-order chi connectivity index (χ1) is 9.89. The Morgan fingerprint density at radius 1 is 1.29 bits per heavy atom. The van der Waals surface area contributed by atoms with Gasteiger partial charge in [0.25, 0.3) is 0 Å². The van der Waals surface area contributed by atoms with Gasteiger partial charge in [-0.25, -0.2) is 0 Å². The number of ether oxygens (including phenoxy) is 1. The third-order valence-electron chi connectivity index (χ3n) is 4.98. The van der Waals surface area contributed by atoms with Gasteiger partial charge in [0.2, 0.25) is 0 Å². The van der Waals surface area contributed by atoms with Crippen LogP contribution >= 0.6 is 0 Å². The van der Waals surface area contributed by atoms with Crippen LogP contribution in [0.4, 0.5) is 0 Å². The fourth-order valence-corrected chi connectivity index (χ4v) is 3.52. The van der Waals surface area contributed by atoms with Crippen molar-refractivity contribution in [1.29, 1.82) is 0 Å². The Morgan fingerprint density at radius 3 is 2.43 bits per heavy atom. The molecule has 0 aromatic heterocycles. The summed E-state index contributed by atoms with van der Waals surface area (Å²) in [6, 6.07) is 4.02. The first kappa shape index (κ1) is 15.9. The van der Waals surface area contributed by atoms with Gasteiger partial charge >= 0.3 is 5.97 Å². The van der Waals surface area contributed by atoms with Gasteiger partial charge < -0.3 is 9.84 Å². The van der Waals surface area contributed by atoms with Crippen LogP contribution in [0.3, 0.4) is 0 Å². The van der Waals surface area contributed by atoms with Crippen molar-refractivity contribution in [3.05, 3.63) is 28.8 Å². The van der Waals surface area contributed by atoms with E-state index in [1.807, 2.05) is 13.0 Å². The van der Waals surface area contributed by atoms with E-state index in [0.717, 1.165) is 29.7 Å². The van der Waals surface area contributed by atoms with Crippen molar-refractivity contribution >= 4 is 5.97 Å². The standard InChI is InChI=1S/C18H26O3/c1-12-10-14(13(2)17(19)20)11-15(16(12)21-4)18(3)8-6-5-7-9-18/h10-11,13H,5-9H2,1-4H3,(H,19,20). The summed E-state index contributed by atoms with van der Waals surface area (Å²) in [6.07, 6.45) is 6.05. The summed E-state index contributed by atoms with van der Waals surface area (Å²) < 4.78 is 5.64. The van der Waals surface area contributed by atoms with Gasteiger partial charge in [0, 0.05) is 5.56 Å². The maximum Gasteiger partial charge on any atom is 0.310 e. The minimum absolute atomic E-state index is 0.0998. The van der Waals surface area contributed by atoms with Crippen LogP contribution in [0.15, 0.2) is 12.1 Å². The zero-order chi connectivity index (χ0) is 15.6. The number of aryl methyl sites for hydroxylation is 1. The second-order valence-electron chi connectivity index (χ2n) is 6.60. The summed E-state index contributed by atoms with van der Waals surface area (Å²) in [5, 5.41) is 9.29. The van der Waals surface area contributed by atoms with E-state index in [0.29, 0.717) is 0 Å². The molecule has 0 bridgehead atoms. The van der Waals surface area contributed by atoms with Crippen molar-refractivity contribution in [2.45, 2.75) is 64.2 Å². The lowest BCUT2D eigenvalue weighted by Gasteiger charge is -2.36. The highest BCUT2D eigenvalue weighted by atomic mass is 16.5. The van der Waals surface area contributed by atoms with Crippen LogP contribution in [0.1, 0.15) is 68.6 Å². The quantitative estimate of drug-likeness (QED) is 0.893. The molecule has 1 aliphatic rings. The second kappa shape index (κ2) is 6.08. The molecule has 0 radical (unpaired) electrons. The van der Waals surface area contributed by atoms with Gasteiger partial charge in [-0.15, -0.1) is 0 Å². The average Bonchev–Trinajstić information content (AvgIpc) is 2.46. The van der Waals surface area contributed by atoms with E-state index >= 15 is 0 Å². The summed E-state index contributed by atoms with van der Waals surface area (Å²) in [5.74, 6) is -0.333. The molecule has 1 fully saturated rings. The molecule has 1 saturated carbocycles. The highest BCUT2D eigenvalue weighted by Crippen LogP contribution is 2.45. The van der Waals surface area contributed by atoms with Crippen LogP contribution in [0.25, 0.3) is 0 Å².